The molecule has 4 aliphatic rings. The largest absolute Gasteiger partial charge is 0.368 e. The monoisotopic (exact) mass is 427 g/mol. The van der Waals surface area contributed by atoms with Gasteiger partial charge in [-0.1, -0.05) is 29.8 Å². The highest BCUT2D eigenvalue weighted by Crippen LogP contribution is 2.52. The van der Waals surface area contributed by atoms with E-state index in [0.29, 0.717) is 18.1 Å². The first kappa shape index (κ1) is 19.6. The molecule has 1 aromatic rings. The fraction of sp³-hybridized carbons (Fsp3) is 0.522. The van der Waals surface area contributed by atoms with Gasteiger partial charge in [0.05, 0.1) is 11.8 Å². The minimum Gasteiger partial charge on any atom is -0.368 e. The number of fused-ring (bicyclic) bond motifs is 5. The zero-order chi connectivity index (χ0) is 21.0. The van der Waals surface area contributed by atoms with Crippen molar-refractivity contribution >= 4 is 35.0 Å². The van der Waals surface area contributed by atoms with Crippen molar-refractivity contribution < 1.29 is 14.4 Å². The molecular formula is C23H26ClN3O3. The lowest BCUT2D eigenvalue weighted by Crippen LogP contribution is -2.49. The Morgan fingerprint density at radius 3 is 2.30 bits per heavy atom. The predicted molar refractivity (Wildman–Crippen MR) is 114 cm³/mol. The molecular weight excluding hydrogens is 402 g/mol. The zero-order valence-electron chi connectivity index (χ0n) is 17.1. The van der Waals surface area contributed by atoms with E-state index in [0.717, 1.165) is 25.2 Å². The van der Waals surface area contributed by atoms with Crippen molar-refractivity contribution in [2.24, 2.45) is 23.7 Å². The van der Waals surface area contributed by atoms with E-state index in [2.05, 4.69) is 24.0 Å². The molecule has 4 atom stereocenters. The number of imide groups is 1. The molecule has 2 aliphatic heterocycles. The number of benzene rings is 1. The van der Waals surface area contributed by atoms with E-state index in [1.807, 2.05) is 23.1 Å². The number of anilines is 1. The van der Waals surface area contributed by atoms with Crippen LogP contribution in [0.3, 0.4) is 0 Å². The number of aryl methyl sites for hydroxylation is 1. The maximum atomic E-state index is 12.8. The summed E-state index contributed by atoms with van der Waals surface area (Å²) >= 11 is 6.14. The van der Waals surface area contributed by atoms with E-state index in [-0.39, 0.29) is 54.4 Å². The van der Waals surface area contributed by atoms with Crippen LogP contribution in [-0.4, -0.2) is 60.2 Å². The van der Waals surface area contributed by atoms with Crippen molar-refractivity contribution in [1.29, 1.82) is 0 Å². The molecule has 3 amide bonds. The number of amides is 3. The molecule has 0 aromatic heterocycles. The predicted octanol–water partition coefficient (Wildman–Crippen LogP) is 2.49. The van der Waals surface area contributed by atoms with Crippen LogP contribution in [0.2, 0.25) is 5.02 Å². The third-order valence-corrected chi connectivity index (χ3v) is 7.49. The van der Waals surface area contributed by atoms with E-state index in [1.165, 1.54) is 10.5 Å². The Hall–Kier alpha value is -2.34. The summed E-state index contributed by atoms with van der Waals surface area (Å²) in [5, 5.41) is 0.711. The second kappa shape index (κ2) is 7.41. The Balaban J connectivity index is 1.15. The highest BCUT2D eigenvalue weighted by molar-refractivity contribution is 6.30. The maximum absolute atomic E-state index is 12.8. The number of hydrogen-bond donors (Lipinski definition) is 0. The summed E-state index contributed by atoms with van der Waals surface area (Å²) in [7, 11) is 0. The zero-order valence-corrected chi connectivity index (χ0v) is 17.8. The second-order valence-corrected chi connectivity index (χ2v) is 9.31. The van der Waals surface area contributed by atoms with E-state index in [9.17, 15) is 14.4 Å². The van der Waals surface area contributed by atoms with Crippen molar-refractivity contribution in [3.63, 3.8) is 0 Å². The topological polar surface area (TPSA) is 60.9 Å². The fourth-order valence-electron chi connectivity index (χ4n) is 5.67. The Morgan fingerprint density at radius 2 is 1.67 bits per heavy atom. The molecule has 4 unspecified atom stereocenters. The summed E-state index contributed by atoms with van der Waals surface area (Å²) in [5.74, 6) is -0.0949. The summed E-state index contributed by atoms with van der Waals surface area (Å²) in [6.45, 7) is 5.01. The lowest BCUT2D eigenvalue weighted by Gasteiger charge is -2.37. The van der Waals surface area contributed by atoms with Gasteiger partial charge in [0.15, 0.2) is 0 Å². The first-order valence-corrected chi connectivity index (χ1v) is 11.1. The van der Waals surface area contributed by atoms with Gasteiger partial charge in [0.1, 0.15) is 0 Å². The SMILES string of the molecule is Cc1ccc(Cl)cc1N1CCN(C(=O)CCN2C(=O)C3C4C=CC(C4)C3C2=O)CC1. The number of rotatable bonds is 4. The molecule has 2 aliphatic carbocycles. The quantitative estimate of drug-likeness (QED) is 0.547. The van der Waals surface area contributed by atoms with Crippen molar-refractivity contribution in [1.82, 2.24) is 9.80 Å². The number of likely N-dealkylation sites (tertiary alicyclic amines) is 1. The molecule has 158 valence electrons. The van der Waals surface area contributed by atoms with Gasteiger partial charge in [-0.25, -0.2) is 0 Å². The molecule has 1 saturated carbocycles. The van der Waals surface area contributed by atoms with Crippen molar-refractivity contribution in [3.05, 3.63) is 40.9 Å². The molecule has 7 heteroatoms. The van der Waals surface area contributed by atoms with E-state index >= 15 is 0 Å². The van der Waals surface area contributed by atoms with Crippen LogP contribution >= 0.6 is 11.6 Å². The van der Waals surface area contributed by atoms with Crippen LogP contribution in [0.15, 0.2) is 30.4 Å². The van der Waals surface area contributed by atoms with E-state index < -0.39 is 0 Å². The van der Waals surface area contributed by atoms with Crippen LogP contribution in [-0.2, 0) is 14.4 Å². The van der Waals surface area contributed by atoms with E-state index in [1.54, 1.807) is 0 Å². The van der Waals surface area contributed by atoms with Gasteiger partial charge < -0.3 is 9.80 Å². The minimum absolute atomic E-state index is 0.0104. The van der Waals surface area contributed by atoms with Crippen molar-refractivity contribution in [3.8, 4) is 0 Å². The van der Waals surface area contributed by atoms with Crippen LogP contribution in [0.5, 0.6) is 0 Å². The lowest BCUT2D eigenvalue weighted by atomic mass is 9.85. The summed E-state index contributed by atoms with van der Waals surface area (Å²) in [5.41, 5.74) is 2.27. The molecule has 2 heterocycles. The van der Waals surface area contributed by atoms with Gasteiger partial charge in [0.2, 0.25) is 17.7 Å². The molecule has 1 aromatic carbocycles. The first-order chi connectivity index (χ1) is 14.4. The number of hydrogen-bond acceptors (Lipinski definition) is 4. The Bertz CT molecular complexity index is 908. The highest BCUT2D eigenvalue weighted by Gasteiger charge is 2.59. The van der Waals surface area contributed by atoms with Crippen molar-refractivity contribution in [2.45, 2.75) is 19.8 Å². The lowest BCUT2D eigenvalue weighted by molar-refractivity contribution is -0.141. The highest BCUT2D eigenvalue weighted by atomic mass is 35.5. The number of carbonyl (C=O) groups is 3. The molecule has 30 heavy (non-hydrogen) atoms. The van der Waals surface area contributed by atoms with Gasteiger partial charge in [-0.2, -0.15) is 0 Å². The molecule has 3 fully saturated rings. The van der Waals surface area contributed by atoms with Crippen LogP contribution < -0.4 is 4.90 Å². The molecule has 6 nitrogen and oxygen atoms in total. The summed E-state index contributed by atoms with van der Waals surface area (Å²) in [6.07, 6.45) is 5.31. The number of halogens is 1. The number of carbonyl (C=O) groups excluding carboxylic acids is 3. The molecule has 2 bridgehead atoms. The second-order valence-electron chi connectivity index (χ2n) is 8.88. The summed E-state index contributed by atoms with van der Waals surface area (Å²) in [4.78, 5) is 43.7. The molecule has 2 saturated heterocycles. The van der Waals surface area contributed by atoms with Gasteiger partial charge in [0.25, 0.3) is 0 Å². The van der Waals surface area contributed by atoms with Gasteiger partial charge in [-0.05, 0) is 42.9 Å². The molecule has 5 rings (SSSR count). The number of piperazine rings is 1. The Morgan fingerprint density at radius 1 is 1.03 bits per heavy atom. The third kappa shape index (κ3) is 3.13. The van der Waals surface area contributed by atoms with Crippen molar-refractivity contribution in [2.75, 3.05) is 37.6 Å². The third-order valence-electron chi connectivity index (χ3n) is 7.26. The van der Waals surface area contributed by atoms with Gasteiger partial charge in [-0.15, -0.1) is 0 Å². The maximum Gasteiger partial charge on any atom is 0.233 e. The van der Waals surface area contributed by atoms with E-state index in [4.69, 9.17) is 11.6 Å². The Kier molecular flexibility index (Phi) is 4.85. The van der Waals surface area contributed by atoms with Crippen LogP contribution in [0.25, 0.3) is 0 Å². The average Bonchev–Trinajstić information content (AvgIpc) is 3.43. The van der Waals surface area contributed by atoms with Gasteiger partial charge in [-0.3, -0.25) is 19.3 Å². The van der Waals surface area contributed by atoms with Crippen LogP contribution in [0, 0.1) is 30.6 Å². The van der Waals surface area contributed by atoms with Crippen LogP contribution in [0.4, 0.5) is 5.69 Å². The minimum atomic E-state index is -0.188. The van der Waals surface area contributed by atoms with Crippen LogP contribution in [0.1, 0.15) is 18.4 Å². The molecule has 0 N–H and O–H groups in total. The Labute approximate surface area is 181 Å². The average molecular weight is 428 g/mol. The van der Waals surface area contributed by atoms with Gasteiger partial charge >= 0.3 is 0 Å². The number of allylic oxidation sites excluding steroid dienone is 2. The smallest absolute Gasteiger partial charge is 0.233 e. The standard InChI is InChI=1S/C23H26ClN3O3/c1-14-2-5-17(24)13-18(14)25-8-10-26(11-9-25)19(28)6-7-27-22(29)20-15-3-4-16(12-15)21(20)23(27)30/h2-5,13,15-16,20-21H,6-12H2,1H3. The van der Waals surface area contributed by atoms with Gasteiger partial charge in [0, 0.05) is 49.9 Å². The number of nitrogens with zero attached hydrogens (tertiary/aromatic N) is 3. The summed E-state index contributed by atoms with van der Waals surface area (Å²) < 4.78 is 0. The normalized spacial score (nSPS) is 29.9. The fourth-order valence-corrected chi connectivity index (χ4v) is 5.84. The first-order valence-electron chi connectivity index (χ1n) is 10.8. The molecule has 0 spiro atoms. The summed E-state index contributed by atoms with van der Waals surface area (Å²) in [6, 6.07) is 5.87. The molecule has 0 radical (unpaired) electrons.